The molecule has 5 rings (SSSR count). The molecule has 1 fully saturated rings. The fourth-order valence-corrected chi connectivity index (χ4v) is 4.84. The Bertz CT molecular complexity index is 1310. The molecule has 1 N–H and O–H groups in total. The van der Waals surface area contributed by atoms with Crippen molar-refractivity contribution in [2.75, 3.05) is 18.6 Å². The normalized spacial score (nSPS) is 13.3. The number of hydrogen-bond donors (Lipinski definition) is 1. The van der Waals surface area contributed by atoms with Gasteiger partial charge in [0.25, 0.3) is 0 Å². The molecule has 0 radical (unpaired) electrons. The minimum Gasteiger partial charge on any atom is -0.496 e. The number of nitrogens with one attached hydrogen (secondary N) is 1. The second-order valence-electron chi connectivity index (χ2n) is 8.30. The lowest BCUT2D eigenvalue weighted by Gasteiger charge is -2.20. The first-order valence-electron chi connectivity index (χ1n) is 10.9. The van der Waals surface area contributed by atoms with Gasteiger partial charge in [0.05, 0.1) is 19.1 Å². The zero-order valence-corrected chi connectivity index (χ0v) is 19.3. The number of pyridine rings is 1. The number of rotatable bonds is 8. The van der Waals surface area contributed by atoms with Gasteiger partial charge in [0.2, 0.25) is 5.91 Å². The lowest BCUT2D eigenvalue weighted by atomic mass is 9.95. The Balaban J connectivity index is 1.59. The van der Waals surface area contributed by atoms with Gasteiger partial charge in [0.1, 0.15) is 5.75 Å². The second-order valence-corrected chi connectivity index (χ2v) is 9.17. The molecular weight excluding hydrogens is 436 g/mol. The third-order valence-electron chi connectivity index (χ3n) is 6.05. The summed E-state index contributed by atoms with van der Waals surface area (Å²) in [6.45, 7) is 2.62. The Morgan fingerprint density at radius 3 is 2.64 bits per heavy atom. The summed E-state index contributed by atoms with van der Waals surface area (Å²) in [6.07, 6.45) is 7.36. The van der Waals surface area contributed by atoms with Crippen LogP contribution in [0.4, 0.5) is 5.13 Å². The van der Waals surface area contributed by atoms with Crippen LogP contribution in [0.15, 0.2) is 48.2 Å². The average Bonchev–Trinajstić information content (AvgIpc) is 3.39. The van der Waals surface area contributed by atoms with Crippen LogP contribution in [0.5, 0.6) is 5.75 Å². The van der Waals surface area contributed by atoms with Crippen molar-refractivity contribution in [2.45, 2.75) is 26.2 Å². The van der Waals surface area contributed by atoms with Gasteiger partial charge in [-0.1, -0.05) is 0 Å². The summed E-state index contributed by atoms with van der Waals surface area (Å²) in [5.74, 6) is 0.825. The van der Waals surface area contributed by atoms with Gasteiger partial charge in [-0.15, -0.1) is 11.3 Å². The van der Waals surface area contributed by atoms with Gasteiger partial charge in [-0.05, 0) is 55.5 Å². The quantitative estimate of drug-likeness (QED) is 0.390. The maximum Gasteiger partial charge on any atom is 0.233 e. The van der Waals surface area contributed by atoms with Gasteiger partial charge >= 0.3 is 0 Å². The lowest BCUT2D eigenvalue weighted by Crippen LogP contribution is -2.34. The van der Waals surface area contributed by atoms with Crippen molar-refractivity contribution in [3.63, 3.8) is 0 Å². The van der Waals surface area contributed by atoms with Crippen molar-refractivity contribution in [1.29, 1.82) is 0 Å². The van der Waals surface area contributed by atoms with Crippen LogP contribution < -0.4 is 9.64 Å². The SMILES string of the molecule is COc1ccc2[nH]c(C)c(CC(=O)N(CC3CC3)c3nccs3)c2c1C(=O)c1ccncc1. The molecule has 3 heterocycles. The largest absolute Gasteiger partial charge is 0.496 e. The maximum absolute atomic E-state index is 13.5. The number of aromatic nitrogens is 3. The molecule has 1 aromatic carbocycles. The average molecular weight is 461 g/mol. The number of H-pyrrole nitrogens is 1. The van der Waals surface area contributed by atoms with Crippen molar-refractivity contribution < 1.29 is 14.3 Å². The van der Waals surface area contributed by atoms with Crippen LogP contribution in [-0.2, 0) is 11.2 Å². The molecule has 1 aliphatic rings. The number of aryl methyl sites for hydroxylation is 1. The van der Waals surface area contributed by atoms with Crippen molar-refractivity contribution >= 4 is 39.1 Å². The number of fused-ring (bicyclic) bond motifs is 1. The van der Waals surface area contributed by atoms with Gasteiger partial charge < -0.3 is 9.72 Å². The maximum atomic E-state index is 13.5. The summed E-state index contributed by atoms with van der Waals surface area (Å²) >= 11 is 1.47. The lowest BCUT2D eigenvalue weighted by molar-refractivity contribution is -0.118. The van der Waals surface area contributed by atoms with E-state index in [1.807, 2.05) is 18.4 Å². The highest BCUT2D eigenvalue weighted by Crippen LogP contribution is 2.36. The van der Waals surface area contributed by atoms with Gasteiger partial charge in [0, 0.05) is 52.7 Å². The van der Waals surface area contributed by atoms with E-state index in [-0.39, 0.29) is 18.1 Å². The van der Waals surface area contributed by atoms with Crippen LogP contribution in [0.1, 0.15) is 40.0 Å². The molecule has 1 aliphatic carbocycles. The molecule has 7 nitrogen and oxygen atoms in total. The Hall–Kier alpha value is -3.52. The molecule has 0 spiro atoms. The molecule has 0 bridgehead atoms. The summed E-state index contributed by atoms with van der Waals surface area (Å²) in [5, 5.41) is 3.33. The van der Waals surface area contributed by atoms with E-state index in [9.17, 15) is 9.59 Å². The molecule has 33 heavy (non-hydrogen) atoms. The number of carbonyl (C=O) groups excluding carboxylic acids is 2. The number of anilines is 1. The molecule has 0 unspecified atom stereocenters. The predicted octanol–water partition coefficient (Wildman–Crippen LogP) is 4.55. The minimum atomic E-state index is -0.165. The van der Waals surface area contributed by atoms with Crippen molar-refractivity contribution in [1.82, 2.24) is 15.0 Å². The van der Waals surface area contributed by atoms with Gasteiger partial charge in [-0.25, -0.2) is 4.98 Å². The Morgan fingerprint density at radius 1 is 1.18 bits per heavy atom. The van der Waals surface area contributed by atoms with E-state index in [1.165, 1.54) is 11.3 Å². The zero-order valence-electron chi connectivity index (χ0n) is 18.5. The van der Waals surface area contributed by atoms with Crippen molar-refractivity contribution in [3.05, 3.63) is 70.6 Å². The fourth-order valence-electron chi connectivity index (χ4n) is 4.17. The Kier molecular flexibility index (Phi) is 5.68. The smallest absolute Gasteiger partial charge is 0.233 e. The van der Waals surface area contributed by atoms with Crippen molar-refractivity contribution in [3.8, 4) is 5.75 Å². The number of hydrogen-bond acceptors (Lipinski definition) is 6. The first-order valence-corrected chi connectivity index (χ1v) is 11.8. The van der Waals surface area contributed by atoms with E-state index in [0.717, 1.165) is 40.1 Å². The number of nitrogens with zero attached hydrogens (tertiary/aromatic N) is 3. The third-order valence-corrected chi connectivity index (χ3v) is 6.84. The van der Waals surface area contributed by atoms with Crippen LogP contribution in [0, 0.1) is 12.8 Å². The van der Waals surface area contributed by atoms with E-state index in [1.54, 1.807) is 48.8 Å². The van der Waals surface area contributed by atoms with Crippen LogP contribution in [0.2, 0.25) is 0 Å². The highest BCUT2D eigenvalue weighted by atomic mass is 32.1. The van der Waals surface area contributed by atoms with Crippen molar-refractivity contribution in [2.24, 2.45) is 5.92 Å². The van der Waals surface area contributed by atoms with E-state index in [0.29, 0.717) is 29.3 Å². The number of methoxy groups -OCH3 is 1. The molecular formula is C25H24N4O3S. The van der Waals surface area contributed by atoms with E-state index >= 15 is 0 Å². The van der Waals surface area contributed by atoms with E-state index in [2.05, 4.69) is 15.0 Å². The van der Waals surface area contributed by atoms with Crippen LogP contribution in [-0.4, -0.2) is 40.3 Å². The molecule has 0 aliphatic heterocycles. The second kappa shape index (κ2) is 8.78. The van der Waals surface area contributed by atoms with Crippen LogP contribution in [0.25, 0.3) is 10.9 Å². The molecule has 0 atom stereocenters. The molecule has 8 heteroatoms. The topological polar surface area (TPSA) is 88.2 Å². The standard InChI is InChI=1S/C25H24N4O3S/c1-15-18(13-21(30)29(14-16-3-4-16)25-27-11-12-33-25)22-19(28-15)5-6-20(32-2)23(22)24(31)17-7-9-26-10-8-17/h5-12,16,28H,3-4,13-14H2,1-2H3. The third kappa shape index (κ3) is 4.14. The van der Waals surface area contributed by atoms with Crippen LogP contribution >= 0.6 is 11.3 Å². The Labute approximate surface area is 195 Å². The van der Waals surface area contributed by atoms with Gasteiger partial charge in [0.15, 0.2) is 10.9 Å². The molecule has 4 aromatic rings. The predicted molar refractivity (Wildman–Crippen MR) is 128 cm³/mol. The number of amides is 1. The minimum absolute atomic E-state index is 0.0222. The zero-order chi connectivity index (χ0) is 22.9. The first kappa shape index (κ1) is 21.3. The van der Waals surface area contributed by atoms with Gasteiger partial charge in [-0.3, -0.25) is 19.5 Å². The summed E-state index contributed by atoms with van der Waals surface area (Å²) < 4.78 is 5.58. The van der Waals surface area contributed by atoms with Crippen LogP contribution in [0.3, 0.4) is 0 Å². The summed E-state index contributed by atoms with van der Waals surface area (Å²) in [4.78, 5) is 40.6. The summed E-state index contributed by atoms with van der Waals surface area (Å²) in [5.41, 5.74) is 3.45. The monoisotopic (exact) mass is 460 g/mol. The number of aromatic amines is 1. The molecule has 0 saturated heterocycles. The molecule has 1 saturated carbocycles. The van der Waals surface area contributed by atoms with E-state index < -0.39 is 0 Å². The number of ether oxygens (including phenoxy) is 1. The molecule has 168 valence electrons. The van der Waals surface area contributed by atoms with E-state index in [4.69, 9.17) is 4.74 Å². The highest BCUT2D eigenvalue weighted by molar-refractivity contribution is 7.13. The Morgan fingerprint density at radius 2 is 1.97 bits per heavy atom. The summed E-state index contributed by atoms with van der Waals surface area (Å²) in [7, 11) is 1.55. The fraction of sp³-hybridized carbons (Fsp3) is 0.280. The number of ketones is 1. The summed E-state index contributed by atoms with van der Waals surface area (Å²) in [6, 6.07) is 7.05. The van der Waals surface area contributed by atoms with Gasteiger partial charge in [-0.2, -0.15) is 0 Å². The molecule has 1 amide bonds. The first-order chi connectivity index (χ1) is 16.1. The number of thiazole rings is 1. The number of benzene rings is 1. The molecule has 3 aromatic heterocycles. The highest BCUT2D eigenvalue weighted by Gasteiger charge is 2.30. The number of carbonyl (C=O) groups is 2.